The summed E-state index contributed by atoms with van der Waals surface area (Å²) < 4.78 is 10.9. The third-order valence-corrected chi connectivity index (χ3v) is 6.91. The number of hydrogen-bond donors (Lipinski definition) is 2. The highest BCUT2D eigenvalue weighted by Gasteiger charge is 2.26. The Morgan fingerprint density at radius 3 is 2.66 bits per heavy atom. The van der Waals surface area contributed by atoms with Crippen molar-refractivity contribution in [3.05, 3.63) is 29.8 Å². The standard InChI is InChI=1S/C22H36N4O2S/c1-4-23-22(25-18-7-10-20(15-18)29-3)24-16-21(26-11-13-28-14-12-26)17-5-8-19(27-2)9-6-17/h5-6,8-9,18,20-21H,4,7,10-16H2,1-3H3,(H2,23,24,25). The van der Waals surface area contributed by atoms with Crippen LogP contribution in [0.1, 0.15) is 37.8 Å². The van der Waals surface area contributed by atoms with Gasteiger partial charge >= 0.3 is 0 Å². The van der Waals surface area contributed by atoms with Gasteiger partial charge in [0.05, 0.1) is 32.9 Å². The summed E-state index contributed by atoms with van der Waals surface area (Å²) in [5.74, 6) is 1.82. The zero-order chi connectivity index (χ0) is 20.5. The molecule has 7 heteroatoms. The molecule has 1 heterocycles. The number of thioether (sulfide) groups is 1. The molecule has 0 spiro atoms. The van der Waals surface area contributed by atoms with Crippen LogP contribution >= 0.6 is 11.8 Å². The number of aliphatic imine (C=N–C) groups is 1. The van der Waals surface area contributed by atoms with Crippen LogP contribution in [-0.4, -0.2) is 74.9 Å². The number of ether oxygens (including phenoxy) is 2. The fourth-order valence-corrected chi connectivity index (χ4v) is 4.92. The Balaban J connectivity index is 1.71. The maximum Gasteiger partial charge on any atom is 0.191 e. The van der Waals surface area contributed by atoms with Gasteiger partial charge in [0.25, 0.3) is 0 Å². The van der Waals surface area contributed by atoms with Gasteiger partial charge in [-0.05, 0) is 50.1 Å². The quantitative estimate of drug-likeness (QED) is 0.498. The number of rotatable bonds is 8. The molecule has 0 bridgehead atoms. The number of guanidine groups is 1. The van der Waals surface area contributed by atoms with Gasteiger partial charge in [0, 0.05) is 30.9 Å². The van der Waals surface area contributed by atoms with E-state index in [1.54, 1.807) is 7.11 Å². The third-order valence-electron chi connectivity index (χ3n) is 5.81. The summed E-state index contributed by atoms with van der Waals surface area (Å²) >= 11 is 1.98. The van der Waals surface area contributed by atoms with Crippen LogP contribution in [0.25, 0.3) is 0 Å². The molecule has 1 aliphatic heterocycles. The first-order valence-electron chi connectivity index (χ1n) is 10.8. The first-order chi connectivity index (χ1) is 14.2. The fraction of sp³-hybridized carbons (Fsp3) is 0.682. The number of nitrogens with zero attached hydrogens (tertiary/aromatic N) is 2. The first kappa shape index (κ1) is 22.2. The summed E-state index contributed by atoms with van der Waals surface area (Å²) in [6, 6.07) is 9.16. The fourth-order valence-electron chi connectivity index (χ4n) is 4.12. The van der Waals surface area contributed by atoms with E-state index in [9.17, 15) is 0 Å². The molecular formula is C22H36N4O2S. The Kier molecular flexibility index (Phi) is 8.95. The zero-order valence-corrected chi connectivity index (χ0v) is 18.8. The van der Waals surface area contributed by atoms with Crippen LogP contribution in [0.4, 0.5) is 0 Å². The van der Waals surface area contributed by atoms with Crippen LogP contribution in [0.2, 0.25) is 0 Å². The van der Waals surface area contributed by atoms with Crippen molar-refractivity contribution in [3.8, 4) is 5.75 Å². The molecule has 2 aliphatic rings. The molecule has 3 atom stereocenters. The number of morpholine rings is 1. The number of nitrogens with one attached hydrogen (secondary N) is 2. The molecule has 1 aliphatic carbocycles. The average molecular weight is 421 g/mol. The van der Waals surface area contributed by atoms with Crippen LogP contribution in [0.15, 0.2) is 29.3 Å². The summed E-state index contributed by atoms with van der Waals surface area (Å²) in [6.45, 7) is 7.16. The van der Waals surface area contributed by atoms with Gasteiger partial charge in [0.1, 0.15) is 5.75 Å². The summed E-state index contributed by atoms with van der Waals surface area (Å²) in [5.41, 5.74) is 1.27. The minimum Gasteiger partial charge on any atom is -0.497 e. The van der Waals surface area contributed by atoms with Crippen molar-refractivity contribution >= 4 is 17.7 Å². The lowest BCUT2D eigenvalue weighted by Gasteiger charge is -2.34. The van der Waals surface area contributed by atoms with Crippen molar-refractivity contribution in [1.82, 2.24) is 15.5 Å². The maximum atomic E-state index is 5.57. The van der Waals surface area contributed by atoms with E-state index in [0.717, 1.165) is 56.4 Å². The van der Waals surface area contributed by atoms with Crippen molar-refractivity contribution < 1.29 is 9.47 Å². The highest BCUT2D eigenvalue weighted by Crippen LogP contribution is 2.28. The van der Waals surface area contributed by atoms with Gasteiger partial charge < -0.3 is 20.1 Å². The predicted molar refractivity (Wildman–Crippen MR) is 122 cm³/mol. The Hall–Kier alpha value is -1.44. The molecular weight excluding hydrogens is 384 g/mol. The van der Waals surface area contributed by atoms with Crippen LogP contribution < -0.4 is 15.4 Å². The number of methoxy groups -OCH3 is 1. The van der Waals surface area contributed by atoms with E-state index in [-0.39, 0.29) is 6.04 Å². The normalized spacial score (nSPS) is 24.3. The van der Waals surface area contributed by atoms with Gasteiger partial charge in [-0.25, -0.2) is 0 Å². The van der Waals surface area contributed by atoms with Gasteiger partial charge in [-0.2, -0.15) is 11.8 Å². The Morgan fingerprint density at radius 2 is 2.03 bits per heavy atom. The maximum absolute atomic E-state index is 5.57. The summed E-state index contributed by atoms with van der Waals surface area (Å²) in [6.07, 6.45) is 5.95. The second kappa shape index (κ2) is 11.7. The molecule has 1 saturated heterocycles. The van der Waals surface area contributed by atoms with Crippen LogP contribution in [0.3, 0.4) is 0 Å². The smallest absolute Gasteiger partial charge is 0.191 e. The van der Waals surface area contributed by atoms with Crippen molar-refractivity contribution in [2.75, 3.05) is 52.8 Å². The molecule has 29 heavy (non-hydrogen) atoms. The molecule has 0 radical (unpaired) electrons. The SMILES string of the molecule is CCNC(=NCC(c1ccc(OC)cc1)N1CCOCC1)NC1CCC(SC)C1. The van der Waals surface area contributed by atoms with E-state index in [1.165, 1.54) is 24.8 Å². The van der Waals surface area contributed by atoms with Gasteiger partial charge in [0.2, 0.25) is 0 Å². The average Bonchev–Trinajstić information content (AvgIpc) is 3.23. The molecule has 2 fully saturated rings. The van der Waals surface area contributed by atoms with Crippen LogP contribution in [0.5, 0.6) is 5.75 Å². The van der Waals surface area contributed by atoms with Crippen LogP contribution in [-0.2, 0) is 4.74 Å². The van der Waals surface area contributed by atoms with Gasteiger partial charge in [0.15, 0.2) is 5.96 Å². The molecule has 1 aromatic rings. The molecule has 0 aromatic heterocycles. The van der Waals surface area contributed by atoms with Crippen LogP contribution in [0, 0.1) is 0 Å². The predicted octanol–water partition coefficient (Wildman–Crippen LogP) is 2.91. The van der Waals surface area contributed by atoms with E-state index in [2.05, 4.69) is 40.8 Å². The lowest BCUT2D eigenvalue weighted by Crippen LogP contribution is -2.44. The molecule has 6 nitrogen and oxygen atoms in total. The van der Waals surface area contributed by atoms with Gasteiger partial charge in [-0.1, -0.05) is 12.1 Å². The molecule has 1 aromatic carbocycles. The largest absolute Gasteiger partial charge is 0.497 e. The number of hydrogen-bond acceptors (Lipinski definition) is 5. The summed E-state index contributed by atoms with van der Waals surface area (Å²) in [5, 5.41) is 7.88. The number of benzene rings is 1. The van der Waals surface area contributed by atoms with Gasteiger partial charge in [-0.3, -0.25) is 9.89 Å². The highest BCUT2D eigenvalue weighted by atomic mass is 32.2. The first-order valence-corrected chi connectivity index (χ1v) is 12.1. The lowest BCUT2D eigenvalue weighted by atomic mass is 10.0. The molecule has 0 amide bonds. The topological polar surface area (TPSA) is 58.1 Å². The van der Waals surface area contributed by atoms with Crippen molar-refractivity contribution in [1.29, 1.82) is 0 Å². The summed E-state index contributed by atoms with van der Waals surface area (Å²) in [7, 11) is 1.71. The second-order valence-corrected chi connectivity index (χ2v) is 8.81. The van der Waals surface area contributed by atoms with Crippen molar-refractivity contribution in [2.24, 2.45) is 4.99 Å². The lowest BCUT2D eigenvalue weighted by molar-refractivity contribution is 0.0179. The van der Waals surface area contributed by atoms with Crippen molar-refractivity contribution in [2.45, 2.75) is 43.5 Å². The summed E-state index contributed by atoms with van der Waals surface area (Å²) in [4.78, 5) is 7.48. The van der Waals surface area contributed by atoms with E-state index in [1.807, 2.05) is 23.9 Å². The third kappa shape index (κ3) is 6.52. The molecule has 2 N–H and O–H groups in total. The van der Waals surface area contributed by atoms with E-state index in [4.69, 9.17) is 14.5 Å². The Morgan fingerprint density at radius 1 is 1.28 bits per heavy atom. The zero-order valence-electron chi connectivity index (χ0n) is 18.0. The molecule has 3 unspecified atom stereocenters. The molecule has 3 rings (SSSR count). The molecule has 1 saturated carbocycles. The Labute approximate surface area is 179 Å². The van der Waals surface area contributed by atoms with E-state index in [0.29, 0.717) is 6.04 Å². The minimum absolute atomic E-state index is 0.239. The molecule has 162 valence electrons. The van der Waals surface area contributed by atoms with E-state index >= 15 is 0 Å². The second-order valence-electron chi connectivity index (χ2n) is 7.67. The van der Waals surface area contributed by atoms with Crippen molar-refractivity contribution in [3.63, 3.8) is 0 Å². The van der Waals surface area contributed by atoms with Gasteiger partial charge in [-0.15, -0.1) is 0 Å². The minimum atomic E-state index is 0.239. The Bertz CT molecular complexity index is 634. The van der Waals surface area contributed by atoms with E-state index < -0.39 is 0 Å². The monoisotopic (exact) mass is 420 g/mol. The highest BCUT2D eigenvalue weighted by molar-refractivity contribution is 7.99.